The first kappa shape index (κ1) is 17.1. The third-order valence-electron chi connectivity index (χ3n) is 3.08. The first-order chi connectivity index (χ1) is 10.3. The number of hydrogen-bond acceptors (Lipinski definition) is 5. The molecule has 2 rings (SSSR count). The monoisotopic (exact) mass is 343 g/mol. The highest BCUT2D eigenvalue weighted by Gasteiger charge is 2.34. The molecule has 4 N–H and O–H groups in total. The summed E-state index contributed by atoms with van der Waals surface area (Å²) in [5.74, 6) is 0.638. The molecule has 0 aliphatic heterocycles. The Morgan fingerprint density at radius 1 is 1.32 bits per heavy atom. The third-order valence-corrected chi connectivity index (χ3v) is 4.31. The Balaban J connectivity index is 2.21. The predicted octanol–water partition coefficient (Wildman–Crippen LogP) is 2.83. The van der Waals surface area contributed by atoms with Crippen LogP contribution in [-0.2, 0) is 14.7 Å². The lowest BCUT2D eigenvalue weighted by molar-refractivity contribution is 0.0226. The average molecular weight is 343 g/mol. The summed E-state index contributed by atoms with van der Waals surface area (Å²) in [6, 6.07) is 11.1. The van der Waals surface area contributed by atoms with E-state index in [1.807, 2.05) is 41.9 Å². The van der Waals surface area contributed by atoms with Crippen molar-refractivity contribution in [1.82, 2.24) is 0 Å². The minimum Gasteiger partial charge on any atom is -0.483 e. The standard InChI is InChI=1S/C14H18NO5PS/c1-14(11-7-8-22-10-11,9-13(15)20-21(16,17)18)19-12-5-3-2-4-6-12/h2-8,10,13H,9,15H2,1H3,(H2,16,17,18). The topological polar surface area (TPSA) is 102 Å². The number of nitrogens with two attached hydrogens (primary N) is 1. The van der Waals surface area contributed by atoms with E-state index in [1.54, 1.807) is 12.1 Å². The van der Waals surface area contributed by atoms with Crippen LogP contribution in [0.15, 0.2) is 47.2 Å². The molecule has 0 radical (unpaired) electrons. The summed E-state index contributed by atoms with van der Waals surface area (Å²) in [6.45, 7) is 1.81. The van der Waals surface area contributed by atoms with Crippen LogP contribution in [0.5, 0.6) is 5.75 Å². The lowest BCUT2D eigenvalue weighted by Gasteiger charge is -2.32. The number of ether oxygens (including phenoxy) is 1. The summed E-state index contributed by atoms with van der Waals surface area (Å²) in [7, 11) is -4.65. The Morgan fingerprint density at radius 3 is 2.55 bits per heavy atom. The van der Waals surface area contributed by atoms with E-state index in [0.717, 1.165) is 5.56 Å². The van der Waals surface area contributed by atoms with Crippen LogP contribution < -0.4 is 10.5 Å². The molecule has 1 aromatic heterocycles. The van der Waals surface area contributed by atoms with Gasteiger partial charge in [-0.3, -0.25) is 4.52 Å². The van der Waals surface area contributed by atoms with Crippen molar-refractivity contribution in [3.8, 4) is 5.75 Å². The number of rotatable bonds is 7. The Labute approximate surface area is 132 Å². The number of hydrogen-bond donors (Lipinski definition) is 3. The number of benzene rings is 1. The Bertz CT molecular complexity index is 630. The maximum absolute atomic E-state index is 10.9. The lowest BCUT2D eigenvalue weighted by Crippen LogP contribution is -2.38. The van der Waals surface area contributed by atoms with Crippen LogP contribution in [0.25, 0.3) is 0 Å². The van der Waals surface area contributed by atoms with E-state index in [9.17, 15) is 4.57 Å². The molecule has 0 spiro atoms. The van der Waals surface area contributed by atoms with Gasteiger partial charge in [-0.15, -0.1) is 0 Å². The smallest absolute Gasteiger partial charge is 0.471 e. The summed E-state index contributed by atoms with van der Waals surface area (Å²) >= 11 is 1.50. The van der Waals surface area contributed by atoms with Crippen LogP contribution in [0.3, 0.4) is 0 Å². The summed E-state index contributed by atoms with van der Waals surface area (Å²) in [5.41, 5.74) is 5.72. The van der Waals surface area contributed by atoms with E-state index in [4.69, 9.17) is 20.3 Å². The molecule has 2 unspecified atom stereocenters. The van der Waals surface area contributed by atoms with Crippen molar-refractivity contribution in [2.45, 2.75) is 25.2 Å². The van der Waals surface area contributed by atoms with Crippen LogP contribution in [0.4, 0.5) is 0 Å². The summed E-state index contributed by atoms with van der Waals surface area (Å²) in [6.07, 6.45) is -1.07. The molecule has 1 heterocycles. The van der Waals surface area contributed by atoms with Gasteiger partial charge in [-0.25, -0.2) is 4.57 Å². The molecule has 0 fully saturated rings. The molecule has 2 atom stereocenters. The molecule has 1 aromatic carbocycles. The molecular formula is C14H18NO5PS. The second-order valence-electron chi connectivity index (χ2n) is 5.00. The fourth-order valence-electron chi connectivity index (χ4n) is 2.13. The van der Waals surface area contributed by atoms with Gasteiger partial charge in [0.25, 0.3) is 0 Å². The molecule has 6 nitrogen and oxygen atoms in total. The van der Waals surface area contributed by atoms with E-state index in [1.165, 1.54) is 11.3 Å². The minimum atomic E-state index is -4.65. The predicted molar refractivity (Wildman–Crippen MR) is 84.5 cm³/mol. The summed E-state index contributed by atoms with van der Waals surface area (Å²) in [5, 5.41) is 3.81. The van der Waals surface area contributed by atoms with Crippen LogP contribution in [0.2, 0.25) is 0 Å². The van der Waals surface area contributed by atoms with Crippen LogP contribution in [0.1, 0.15) is 18.9 Å². The summed E-state index contributed by atoms with van der Waals surface area (Å²) in [4.78, 5) is 17.8. The molecule has 0 bridgehead atoms. The third kappa shape index (κ3) is 4.91. The highest BCUT2D eigenvalue weighted by molar-refractivity contribution is 7.46. The fourth-order valence-corrected chi connectivity index (χ4v) is 3.34. The molecule has 0 saturated heterocycles. The molecule has 120 valence electrons. The maximum Gasteiger partial charge on any atom is 0.471 e. The SMILES string of the molecule is CC(CC(N)OP(=O)(O)O)(Oc1ccccc1)c1ccsc1. The van der Waals surface area contributed by atoms with Crippen molar-refractivity contribution in [2.75, 3.05) is 0 Å². The highest BCUT2D eigenvalue weighted by Crippen LogP contribution is 2.40. The first-order valence-corrected chi connectivity index (χ1v) is 9.02. The molecule has 0 aliphatic rings. The van der Waals surface area contributed by atoms with Gasteiger partial charge in [0.15, 0.2) is 0 Å². The van der Waals surface area contributed by atoms with Gasteiger partial charge in [-0.1, -0.05) is 18.2 Å². The number of thiophene rings is 1. The second kappa shape index (κ2) is 6.91. The molecule has 0 saturated carbocycles. The van der Waals surface area contributed by atoms with Gasteiger partial charge in [0.05, 0.1) is 0 Å². The zero-order chi connectivity index (χ0) is 16.2. The first-order valence-electron chi connectivity index (χ1n) is 6.55. The van der Waals surface area contributed by atoms with E-state index < -0.39 is 19.7 Å². The summed E-state index contributed by atoms with van der Waals surface area (Å²) < 4.78 is 21.5. The van der Waals surface area contributed by atoms with E-state index in [-0.39, 0.29) is 6.42 Å². The van der Waals surface area contributed by atoms with Crippen molar-refractivity contribution >= 4 is 19.2 Å². The molecule has 0 aliphatic carbocycles. The van der Waals surface area contributed by atoms with Gasteiger partial charge < -0.3 is 20.3 Å². The largest absolute Gasteiger partial charge is 0.483 e. The van der Waals surface area contributed by atoms with E-state index >= 15 is 0 Å². The number of phosphoric ester groups is 1. The zero-order valence-corrected chi connectivity index (χ0v) is 13.7. The quantitative estimate of drug-likeness (QED) is 0.528. The molecular weight excluding hydrogens is 325 g/mol. The molecule has 8 heteroatoms. The Morgan fingerprint density at radius 2 is 2.00 bits per heavy atom. The normalized spacial score (nSPS) is 16.0. The Kier molecular flexibility index (Phi) is 5.39. The second-order valence-corrected chi connectivity index (χ2v) is 6.97. The van der Waals surface area contributed by atoms with Gasteiger partial charge in [-0.05, 0) is 35.9 Å². The maximum atomic E-state index is 10.9. The fraction of sp³-hybridized carbons (Fsp3) is 0.286. The van der Waals surface area contributed by atoms with Gasteiger partial charge in [0.2, 0.25) is 0 Å². The van der Waals surface area contributed by atoms with Crippen molar-refractivity contribution in [3.63, 3.8) is 0 Å². The van der Waals surface area contributed by atoms with Crippen molar-refractivity contribution in [2.24, 2.45) is 5.73 Å². The van der Waals surface area contributed by atoms with Crippen LogP contribution in [-0.4, -0.2) is 16.0 Å². The van der Waals surface area contributed by atoms with Crippen LogP contribution in [0, 0.1) is 0 Å². The van der Waals surface area contributed by atoms with Crippen molar-refractivity contribution in [1.29, 1.82) is 0 Å². The zero-order valence-electron chi connectivity index (χ0n) is 12.0. The van der Waals surface area contributed by atoms with E-state index in [2.05, 4.69) is 4.52 Å². The minimum absolute atomic E-state index is 0.0870. The molecule has 0 amide bonds. The van der Waals surface area contributed by atoms with Gasteiger partial charge in [0.1, 0.15) is 17.6 Å². The van der Waals surface area contributed by atoms with Crippen LogP contribution >= 0.6 is 19.2 Å². The van der Waals surface area contributed by atoms with Gasteiger partial charge >= 0.3 is 7.82 Å². The average Bonchev–Trinajstić information content (AvgIpc) is 2.91. The number of para-hydroxylation sites is 1. The lowest BCUT2D eigenvalue weighted by atomic mass is 9.94. The van der Waals surface area contributed by atoms with Crippen molar-refractivity contribution < 1.29 is 23.6 Å². The number of phosphoric acid groups is 1. The van der Waals surface area contributed by atoms with Gasteiger partial charge in [0, 0.05) is 12.0 Å². The van der Waals surface area contributed by atoms with Crippen molar-refractivity contribution in [3.05, 3.63) is 52.7 Å². The van der Waals surface area contributed by atoms with Gasteiger partial charge in [-0.2, -0.15) is 11.3 Å². The highest BCUT2D eigenvalue weighted by atomic mass is 32.1. The molecule has 2 aromatic rings. The van der Waals surface area contributed by atoms with E-state index in [0.29, 0.717) is 5.75 Å². The Hall–Kier alpha value is -1.21. The molecule has 22 heavy (non-hydrogen) atoms.